The van der Waals surface area contributed by atoms with E-state index in [0.717, 1.165) is 11.3 Å². The molecule has 1 amide bonds. The Hall–Kier alpha value is -2.56. The molecule has 1 atom stereocenters. The fraction of sp³-hybridized carbons (Fsp3) is 0.350. The van der Waals surface area contributed by atoms with Crippen molar-refractivity contribution in [3.05, 3.63) is 59.9 Å². The molecule has 0 aliphatic carbocycles. The maximum Gasteiger partial charge on any atom is 0.261 e. The Bertz CT molecular complexity index is 668. The summed E-state index contributed by atoms with van der Waals surface area (Å²) in [6, 6.07) is 13.2. The lowest BCUT2D eigenvalue weighted by Gasteiger charge is -2.17. The van der Waals surface area contributed by atoms with Gasteiger partial charge in [-0.05, 0) is 62.2 Å². The van der Waals surface area contributed by atoms with Gasteiger partial charge in [0.1, 0.15) is 17.3 Å². The molecule has 134 valence electrons. The van der Waals surface area contributed by atoms with Crippen LogP contribution in [0.15, 0.2) is 48.5 Å². The maximum absolute atomic E-state index is 12.9. The van der Waals surface area contributed by atoms with Gasteiger partial charge < -0.3 is 14.8 Å². The Labute approximate surface area is 148 Å². The molecule has 0 heterocycles. The molecule has 0 fully saturated rings. The highest BCUT2D eigenvalue weighted by molar-refractivity contribution is 5.81. The normalized spacial score (nSPS) is 11.9. The summed E-state index contributed by atoms with van der Waals surface area (Å²) in [4.78, 5) is 12.3. The van der Waals surface area contributed by atoms with Gasteiger partial charge in [0.2, 0.25) is 0 Å². The highest BCUT2D eigenvalue weighted by atomic mass is 19.1. The second-order valence-corrected chi connectivity index (χ2v) is 6.00. The van der Waals surface area contributed by atoms with Crippen LogP contribution in [0.3, 0.4) is 0 Å². The molecule has 0 aliphatic heterocycles. The molecule has 5 heteroatoms. The monoisotopic (exact) mass is 345 g/mol. The van der Waals surface area contributed by atoms with E-state index in [0.29, 0.717) is 18.7 Å². The quantitative estimate of drug-likeness (QED) is 0.784. The van der Waals surface area contributed by atoms with Crippen LogP contribution in [0.4, 0.5) is 4.39 Å². The molecule has 0 aromatic heterocycles. The first-order valence-electron chi connectivity index (χ1n) is 8.43. The molecule has 0 saturated heterocycles. The largest absolute Gasteiger partial charge is 0.491 e. The van der Waals surface area contributed by atoms with Crippen molar-refractivity contribution in [2.24, 2.45) is 0 Å². The van der Waals surface area contributed by atoms with Gasteiger partial charge in [-0.1, -0.05) is 19.1 Å². The minimum absolute atomic E-state index is 0.125. The summed E-state index contributed by atoms with van der Waals surface area (Å²) < 4.78 is 24.2. The Morgan fingerprint density at radius 2 is 1.56 bits per heavy atom. The van der Waals surface area contributed by atoms with Crippen molar-refractivity contribution in [3.63, 3.8) is 0 Å². The zero-order valence-electron chi connectivity index (χ0n) is 14.8. The number of carbonyl (C=O) groups excluding carboxylic acids is 1. The Balaban J connectivity index is 1.87. The number of hydrogen-bond donors (Lipinski definition) is 1. The fourth-order valence-corrected chi connectivity index (χ4v) is 2.26. The van der Waals surface area contributed by atoms with Crippen molar-refractivity contribution in [2.45, 2.75) is 45.9 Å². The fourth-order valence-electron chi connectivity index (χ4n) is 2.26. The van der Waals surface area contributed by atoms with E-state index in [-0.39, 0.29) is 17.8 Å². The number of nitrogens with one attached hydrogen (secondary N) is 1. The summed E-state index contributed by atoms with van der Waals surface area (Å²) in [5.74, 6) is 0.735. The lowest BCUT2D eigenvalue weighted by molar-refractivity contribution is -0.128. The third-order valence-corrected chi connectivity index (χ3v) is 3.52. The van der Waals surface area contributed by atoms with Crippen molar-refractivity contribution < 1.29 is 18.7 Å². The predicted octanol–water partition coefficient (Wildman–Crippen LogP) is 4.09. The van der Waals surface area contributed by atoms with E-state index in [1.165, 1.54) is 24.3 Å². The van der Waals surface area contributed by atoms with Gasteiger partial charge in [-0.2, -0.15) is 0 Å². The van der Waals surface area contributed by atoms with Crippen LogP contribution in [0.25, 0.3) is 0 Å². The Morgan fingerprint density at radius 1 is 1.00 bits per heavy atom. The van der Waals surface area contributed by atoms with Crippen molar-refractivity contribution >= 4 is 5.91 Å². The molecule has 4 nitrogen and oxygen atoms in total. The average Bonchev–Trinajstić information content (AvgIpc) is 2.60. The molecule has 0 aliphatic rings. The van der Waals surface area contributed by atoms with Crippen LogP contribution < -0.4 is 14.8 Å². The van der Waals surface area contributed by atoms with E-state index >= 15 is 0 Å². The zero-order valence-corrected chi connectivity index (χ0v) is 14.8. The standard InChI is InChI=1S/C20H24FNO3/c1-4-19(25-18-11-7-16(21)8-12-18)20(23)22-13-15-5-9-17(10-6-15)24-14(2)3/h5-12,14,19H,4,13H2,1-3H3,(H,22,23)/t19-/m1/s1. The van der Waals surface area contributed by atoms with Gasteiger partial charge in [0.15, 0.2) is 6.10 Å². The SMILES string of the molecule is CC[C@@H](Oc1ccc(F)cc1)C(=O)NCc1ccc(OC(C)C)cc1. The molecule has 0 radical (unpaired) electrons. The van der Waals surface area contributed by atoms with Crippen molar-refractivity contribution in [2.75, 3.05) is 0 Å². The smallest absolute Gasteiger partial charge is 0.261 e. The van der Waals surface area contributed by atoms with E-state index in [9.17, 15) is 9.18 Å². The first kappa shape index (κ1) is 18.8. The number of carbonyl (C=O) groups is 1. The summed E-state index contributed by atoms with van der Waals surface area (Å²) in [6.45, 7) is 6.22. The first-order chi connectivity index (χ1) is 12.0. The van der Waals surface area contributed by atoms with Gasteiger partial charge in [0.05, 0.1) is 6.10 Å². The number of ether oxygens (including phenoxy) is 2. The molecule has 25 heavy (non-hydrogen) atoms. The maximum atomic E-state index is 12.9. The zero-order chi connectivity index (χ0) is 18.2. The van der Waals surface area contributed by atoms with Crippen LogP contribution in [0.2, 0.25) is 0 Å². The third kappa shape index (κ3) is 6.10. The summed E-state index contributed by atoms with van der Waals surface area (Å²) in [5.41, 5.74) is 0.973. The molecular formula is C20H24FNO3. The van der Waals surface area contributed by atoms with E-state index in [4.69, 9.17) is 9.47 Å². The third-order valence-electron chi connectivity index (χ3n) is 3.52. The lowest BCUT2D eigenvalue weighted by atomic mass is 10.2. The molecule has 1 N–H and O–H groups in total. The average molecular weight is 345 g/mol. The van der Waals surface area contributed by atoms with Crippen LogP contribution in [0, 0.1) is 5.82 Å². The van der Waals surface area contributed by atoms with Gasteiger partial charge in [-0.25, -0.2) is 4.39 Å². The molecule has 0 saturated carbocycles. The molecule has 2 rings (SSSR count). The molecule has 0 bridgehead atoms. The van der Waals surface area contributed by atoms with Gasteiger partial charge >= 0.3 is 0 Å². The van der Waals surface area contributed by atoms with Gasteiger partial charge in [-0.15, -0.1) is 0 Å². The Morgan fingerprint density at radius 3 is 2.12 bits per heavy atom. The van der Waals surface area contributed by atoms with Crippen molar-refractivity contribution in [1.29, 1.82) is 0 Å². The van der Waals surface area contributed by atoms with E-state index in [1.54, 1.807) is 0 Å². The number of rotatable bonds is 8. The summed E-state index contributed by atoms with van der Waals surface area (Å²) in [5, 5.41) is 2.86. The lowest BCUT2D eigenvalue weighted by Crippen LogP contribution is -2.37. The minimum Gasteiger partial charge on any atom is -0.491 e. The van der Waals surface area contributed by atoms with Gasteiger partial charge in [-0.3, -0.25) is 4.79 Å². The van der Waals surface area contributed by atoms with Crippen LogP contribution in [0.5, 0.6) is 11.5 Å². The number of benzene rings is 2. The summed E-state index contributed by atoms with van der Waals surface area (Å²) >= 11 is 0. The highest BCUT2D eigenvalue weighted by Crippen LogP contribution is 2.16. The van der Waals surface area contributed by atoms with E-state index < -0.39 is 6.10 Å². The van der Waals surface area contributed by atoms with Gasteiger partial charge in [0, 0.05) is 6.54 Å². The molecule has 2 aromatic carbocycles. The molecule has 0 unspecified atom stereocenters. The minimum atomic E-state index is -0.617. The summed E-state index contributed by atoms with van der Waals surface area (Å²) in [6.07, 6.45) is 0.0261. The number of halogens is 1. The van der Waals surface area contributed by atoms with Crippen molar-refractivity contribution in [3.8, 4) is 11.5 Å². The van der Waals surface area contributed by atoms with E-state index in [1.807, 2.05) is 45.0 Å². The van der Waals surface area contributed by atoms with Crippen LogP contribution in [0.1, 0.15) is 32.8 Å². The predicted molar refractivity (Wildman–Crippen MR) is 95.2 cm³/mol. The number of hydrogen-bond acceptors (Lipinski definition) is 3. The van der Waals surface area contributed by atoms with Crippen molar-refractivity contribution in [1.82, 2.24) is 5.32 Å². The van der Waals surface area contributed by atoms with Crippen LogP contribution >= 0.6 is 0 Å². The molecule has 0 spiro atoms. The summed E-state index contributed by atoms with van der Waals surface area (Å²) in [7, 11) is 0. The topological polar surface area (TPSA) is 47.6 Å². The first-order valence-corrected chi connectivity index (χ1v) is 8.43. The number of amides is 1. The highest BCUT2D eigenvalue weighted by Gasteiger charge is 2.18. The molecule has 2 aromatic rings. The second kappa shape index (κ2) is 9.06. The van der Waals surface area contributed by atoms with Gasteiger partial charge in [0.25, 0.3) is 5.91 Å². The Kier molecular flexibility index (Phi) is 6.81. The van der Waals surface area contributed by atoms with Crippen LogP contribution in [-0.4, -0.2) is 18.1 Å². The molecular weight excluding hydrogens is 321 g/mol. The second-order valence-electron chi connectivity index (χ2n) is 6.00. The van der Waals surface area contributed by atoms with Crippen LogP contribution in [-0.2, 0) is 11.3 Å². The van der Waals surface area contributed by atoms with E-state index in [2.05, 4.69) is 5.32 Å².